The largest absolute Gasteiger partial charge is 0.395 e. The lowest BCUT2D eigenvalue weighted by Gasteiger charge is -2.21. The number of hydrogen-bond acceptors (Lipinski definition) is 4. The highest BCUT2D eigenvalue weighted by Crippen LogP contribution is 2.31. The van der Waals surface area contributed by atoms with Gasteiger partial charge in [0, 0.05) is 29.5 Å². The molecule has 0 saturated heterocycles. The van der Waals surface area contributed by atoms with Crippen molar-refractivity contribution in [3.05, 3.63) is 70.9 Å². The summed E-state index contributed by atoms with van der Waals surface area (Å²) in [5.41, 5.74) is 3.49. The van der Waals surface area contributed by atoms with Gasteiger partial charge >= 0.3 is 0 Å². The van der Waals surface area contributed by atoms with Gasteiger partial charge in [-0.3, -0.25) is 4.79 Å². The van der Waals surface area contributed by atoms with Crippen LogP contribution < -0.4 is 5.14 Å². The highest BCUT2D eigenvalue weighted by Gasteiger charge is 2.23. The Hall–Kier alpha value is -2.65. The van der Waals surface area contributed by atoms with Crippen LogP contribution in [-0.4, -0.2) is 48.6 Å². The molecule has 170 valence electrons. The zero-order valence-electron chi connectivity index (χ0n) is 18.0. The first kappa shape index (κ1) is 24.0. The monoisotopic (exact) mass is 475 g/mol. The lowest BCUT2D eigenvalue weighted by molar-refractivity contribution is 0.0721. The van der Waals surface area contributed by atoms with Crippen LogP contribution in [0.4, 0.5) is 0 Å². The summed E-state index contributed by atoms with van der Waals surface area (Å²) in [7, 11) is -3.82. The Bertz CT molecular complexity index is 1200. The van der Waals surface area contributed by atoms with Gasteiger partial charge in [0.15, 0.2) is 0 Å². The van der Waals surface area contributed by atoms with E-state index in [2.05, 4.69) is 0 Å². The highest BCUT2D eigenvalue weighted by molar-refractivity contribution is 7.89. The van der Waals surface area contributed by atoms with Crippen molar-refractivity contribution in [2.24, 2.45) is 5.14 Å². The number of aromatic nitrogens is 1. The summed E-state index contributed by atoms with van der Waals surface area (Å²) in [5, 5.41) is 15.2. The third-order valence-electron chi connectivity index (χ3n) is 5.19. The van der Waals surface area contributed by atoms with Gasteiger partial charge in [-0.05, 0) is 61.4 Å². The normalized spacial score (nSPS) is 11.5. The molecule has 32 heavy (non-hydrogen) atoms. The van der Waals surface area contributed by atoms with Crippen molar-refractivity contribution in [3.8, 4) is 16.9 Å². The fourth-order valence-electron chi connectivity index (χ4n) is 3.65. The summed E-state index contributed by atoms with van der Waals surface area (Å²) < 4.78 is 25.2. The quantitative estimate of drug-likeness (QED) is 0.519. The van der Waals surface area contributed by atoms with E-state index >= 15 is 0 Å². The highest BCUT2D eigenvalue weighted by atomic mass is 35.5. The minimum absolute atomic E-state index is 0.00692. The Morgan fingerprint density at radius 3 is 2.25 bits per heavy atom. The van der Waals surface area contributed by atoms with E-state index in [1.54, 1.807) is 29.2 Å². The van der Waals surface area contributed by atoms with Gasteiger partial charge in [0.1, 0.15) is 0 Å². The molecular weight excluding hydrogens is 450 g/mol. The molecular formula is C23H26ClN3O4S. The average Bonchev–Trinajstić information content (AvgIpc) is 3.10. The zero-order valence-corrected chi connectivity index (χ0v) is 19.5. The second-order valence-electron chi connectivity index (χ2n) is 7.43. The van der Waals surface area contributed by atoms with Gasteiger partial charge in [0.2, 0.25) is 10.0 Å². The number of benzene rings is 2. The number of carbonyl (C=O) groups excluding carboxylic acids is 1. The van der Waals surface area contributed by atoms with Gasteiger partial charge in [-0.15, -0.1) is 0 Å². The number of hydrogen-bond donors (Lipinski definition) is 2. The molecule has 0 fully saturated rings. The van der Waals surface area contributed by atoms with Gasteiger partial charge in [0.25, 0.3) is 5.91 Å². The third kappa shape index (κ3) is 5.05. The molecule has 0 unspecified atom stereocenters. The van der Waals surface area contributed by atoms with Crippen molar-refractivity contribution in [1.82, 2.24) is 9.47 Å². The van der Waals surface area contributed by atoms with Crippen LogP contribution in [0.3, 0.4) is 0 Å². The predicted octanol–water partition coefficient (Wildman–Crippen LogP) is 3.60. The lowest BCUT2D eigenvalue weighted by Crippen LogP contribution is -2.34. The number of nitrogens with two attached hydrogens (primary N) is 1. The molecule has 3 aromatic rings. The van der Waals surface area contributed by atoms with Crippen LogP contribution in [0.15, 0.2) is 59.5 Å². The number of sulfonamides is 1. The molecule has 1 aromatic heterocycles. The minimum Gasteiger partial charge on any atom is -0.395 e. The maximum atomic E-state index is 13.3. The fraction of sp³-hybridized carbons (Fsp3) is 0.261. The van der Waals surface area contributed by atoms with E-state index in [1.165, 1.54) is 12.1 Å². The van der Waals surface area contributed by atoms with Gasteiger partial charge in [-0.2, -0.15) is 0 Å². The SMILES string of the molecule is CCCN(CCO)C(=O)c1cc(-c2ccc(Cl)cc2)n(-c2ccc(S(N)(=O)=O)cc2)c1C. The Morgan fingerprint density at radius 2 is 1.72 bits per heavy atom. The van der Waals surface area contributed by atoms with Crippen molar-refractivity contribution in [2.75, 3.05) is 19.7 Å². The van der Waals surface area contributed by atoms with E-state index in [9.17, 15) is 18.3 Å². The molecule has 0 aliphatic heterocycles. The van der Waals surface area contributed by atoms with Crippen LogP contribution in [-0.2, 0) is 10.0 Å². The summed E-state index contributed by atoms with van der Waals surface area (Å²) in [4.78, 5) is 14.9. The number of carbonyl (C=O) groups is 1. The maximum absolute atomic E-state index is 13.3. The molecule has 0 radical (unpaired) electrons. The zero-order chi connectivity index (χ0) is 23.5. The molecule has 0 saturated carbocycles. The standard InChI is InChI=1S/C23H26ClN3O4S/c1-3-12-26(13-14-28)23(29)21-15-22(17-4-6-18(24)7-5-17)27(16(21)2)19-8-10-20(11-9-19)32(25,30)31/h4-11,15,28H,3,12-14H2,1-2H3,(H2,25,30,31). The van der Waals surface area contributed by atoms with Crippen molar-refractivity contribution < 1.29 is 18.3 Å². The van der Waals surface area contributed by atoms with Gasteiger partial charge in [0.05, 0.1) is 22.8 Å². The maximum Gasteiger partial charge on any atom is 0.255 e. The average molecular weight is 476 g/mol. The molecule has 0 bridgehead atoms. The number of aliphatic hydroxyl groups is 1. The smallest absolute Gasteiger partial charge is 0.255 e. The number of amides is 1. The fourth-order valence-corrected chi connectivity index (χ4v) is 4.29. The molecule has 3 N–H and O–H groups in total. The van der Waals surface area contributed by atoms with E-state index in [0.717, 1.165) is 17.7 Å². The number of nitrogens with zero attached hydrogens (tertiary/aromatic N) is 2. The van der Waals surface area contributed by atoms with E-state index < -0.39 is 10.0 Å². The van der Waals surface area contributed by atoms with Crippen LogP contribution in [0.1, 0.15) is 29.4 Å². The number of halogens is 1. The summed E-state index contributed by atoms with van der Waals surface area (Å²) in [6.45, 7) is 4.47. The predicted molar refractivity (Wildman–Crippen MR) is 126 cm³/mol. The van der Waals surface area contributed by atoms with E-state index in [0.29, 0.717) is 28.5 Å². The van der Waals surface area contributed by atoms with Crippen molar-refractivity contribution in [2.45, 2.75) is 25.2 Å². The van der Waals surface area contributed by atoms with Crippen LogP contribution in [0, 0.1) is 6.92 Å². The molecule has 0 atom stereocenters. The summed E-state index contributed by atoms with van der Waals surface area (Å²) >= 11 is 6.05. The number of rotatable bonds is 8. The second-order valence-corrected chi connectivity index (χ2v) is 9.42. The van der Waals surface area contributed by atoms with Gasteiger partial charge in [-0.25, -0.2) is 13.6 Å². The van der Waals surface area contributed by atoms with E-state index in [-0.39, 0.29) is 24.0 Å². The Morgan fingerprint density at radius 1 is 1.09 bits per heavy atom. The molecule has 7 nitrogen and oxygen atoms in total. The van der Waals surface area contributed by atoms with Crippen LogP contribution in [0.2, 0.25) is 5.02 Å². The Kier molecular flexibility index (Phi) is 7.40. The van der Waals surface area contributed by atoms with Gasteiger partial charge in [-0.1, -0.05) is 30.7 Å². The summed E-state index contributed by atoms with van der Waals surface area (Å²) in [6, 6.07) is 15.2. The molecule has 2 aromatic carbocycles. The molecule has 1 amide bonds. The summed E-state index contributed by atoms with van der Waals surface area (Å²) in [5.74, 6) is -0.173. The van der Waals surface area contributed by atoms with E-state index in [4.69, 9.17) is 16.7 Å². The lowest BCUT2D eigenvalue weighted by atomic mass is 10.1. The first-order valence-electron chi connectivity index (χ1n) is 10.2. The Labute approximate surface area is 193 Å². The molecule has 0 spiro atoms. The first-order chi connectivity index (χ1) is 15.2. The second kappa shape index (κ2) is 9.87. The molecule has 1 heterocycles. The molecule has 9 heteroatoms. The van der Waals surface area contributed by atoms with Crippen molar-refractivity contribution in [3.63, 3.8) is 0 Å². The topological polar surface area (TPSA) is 106 Å². The first-order valence-corrected chi connectivity index (χ1v) is 12.1. The molecule has 3 rings (SSSR count). The number of aliphatic hydroxyl groups excluding tert-OH is 1. The molecule has 0 aliphatic carbocycles. The van der Waals surface area contributed by atoms with Crippen molar-refractivity contribution >= 4 is 27.5 Å². The minimum atomic E-state index is -3.82. The van der Waals surface area contributed by atoms with Crippen LogP contribution >= 0.6 is 11.6 Å². The number of primary sulfonamides is 1. The van der Waals surface area contributed by atoms with Crippen molar-refractivity contribution in [1.29, 1.82) is 0 Å². The molecule has 0 aliphatic rings. The van der Waals surface area contributed by atoms with Gasteiger partial charge < -0.3 is 14.6 Å². The van der Waals surface area contributed by atoms with Crippen LogP contribution in [0.25, 0.3) is 16.9 Å². The van der Waals surface area contributed by atoms with E-state index in [1.807, 2.05) is 36.6 Å². The Balaban J connectivity index is 2.18. The van der Waals surface area contributed by atoms with Crippen LogP contribution in [0.5, 0.6) is 0 Å². The third-order valence-corrected chi connectivity index (χ3v) is 6.37. The summed E-state index contributed by atoms with van der Waals surface area (Å²) in [6.07, 6.45) is 0.768.